The van der Waals surface area contributed by atoms with Crippen molar-refractivity contribution in [3.05, 3.63) is 54.6 Å². The topological polar surface area (TPSA) is 29.5 Å². The van der Waals surface area contributed by atoms with Gasteiger partial charge in [-0.25, -0.2) is 0 Å². The summed E-state index contributed by atoms with van der Waals surface area (Å²) in [5, 5.41) is 9.56. The zero-order chi connectivity index (χ0) is 14.8. The molecule has 0 aliphatic heterocycles. The van der Waals surface area contributed by atoms with Crippen LogP contribution in [0.5, 0.6) is 5.75 Å². The molecule has 0 heterocycles. The van der Waals surface area contributed by atoms with Crippen LogP contribution in [0.15, 0.2) is 54.6 Å². The highest BCUT2D eigenvalue weighted by molar-refractivity contribution is 5.70. The average molecular weight is 272 g/mol. The number of benzene rings is 2. The molecule has 0 aliphatic carbocycles. The second kappa shape index (κ2) is 9.16. The fraction of sp³-hybridized carbons (Fsp3) is 0.333. The van der Waals surface area contributed by atoms with Crippen molar-refractivity contribution >= 4 is 0 Å². The smallest absolute Gasteiger partial charge is 0.127 e. The van der Waals surface area contributed by atoms with E-state index in [1.807, 2.05) is 63.2 Å². The fourth-order valence-corrected chi connectivity index (χ4v) is 1.75. The van der Waals surface area contributed by atoms with E-state index in [1.165, 1.54) is 0 Å². The molecule has 1 N–H and O–H groups in total. The zero-order valence-electron chi connectivity index (χ0n) is 12.5. The Morgan fingerprint density at radius 1 is 0.950 bits per heavy atom. The van der Waals surface area contributed by atoms with E-state index in [2.05, 4.69) is 12.1 Å². The summed E-state index contributed by atoms with van der Waals surface area (Å²) in [6.45, 7) is 6.28. The maximum absolute atomic E-state index is 9.56. The molecule has 0 spiro atoms. The van der Waals surface area contributed by atoms with Crippen LogP contribution in [-0.4, -0.2) is 17.8 Å². The molecule has 0 amide bonds. The Hall–Kier alpha value is -1.80. The molecule has 0 aromatic heterocycles. The van der Waals surface area contributed by atoms with Crippen molar-refractivity contribution in [1.29, 1.82) is 0 Å². The Balaban J connectivity index is 0.000000956. The molecule has 0 saturated carbocycles. The summed E-state index contributed by atoms with van der Waals surface area (Å²) in [6, 6.07) is 18.0. The molecule has 2 rings (SSSR count). The van der Waals surface area contributed by atoms with Gasteiger partial charge in [-0.2, -0.15) is 0 Å². The minimum atomic E-state index is -0.408. The van der Waals surface area contributed by atoms with E-state index in [-0.39, 0.29) is 0 Å². The van der Waals surface area contributed by atoms with Crippen LogP contribution in [0.3, 0.4) is 0 Å². The zero-order valence-corrected chi connectivity index (χ0v) is 12.5. The van der Waals surface area contributed by atoms with Gasteiger partial charge in [-0.05, 0) is 18.1 Å². The molecule has 2 heteroatoms. The van der Waals surface area contributed by atoms with E-state index in [9.17, 15) is 5.11 Å². The molecule has 2 aromatic carbocycles. The Kier molecular flexibility index (Phi) is 7.44. The maximum atomic E-state index is 9.56. The number of aliphatic hydroxyl groups excluding tert-OH is 1. The minimum absolute atomic E-state index is 0.334. The largest absolute Gasteiger partial charge is 0.490 e. The molecule has 2 nitrogen and oxygen atoms in total. The lowest BCUT2D eigenvalue weighted by Crippen LogP contribution is -2.16. The predicted molar refractivity (Wildman–Crippen MR) is 85.0 cm³/mol. The van der Waals surface area contributed by atoms with Crippen molar-refractivity contribution in [3.63, 3.8) is 0 Å². The normalized spacial score (nSPS) is 11.2. The van der Waals surface area contributed by atoms with E-state index >= 15 is 0 Å². The number of hydrogen-bond acceptors (Lipinski definition) is 2. The van der Waals surface area contributed by atoms with Crippen LogP contribution in [-0.2, 0) is 0 Å². The summed E-state index contributed by atoms with van der Waals surface area (Å²) in [6.07, 6.45) is 0.293. The molecular weight excluding hydrogens is 248 g/mol. The number of para-hydroxylation sites is 1. The predicted octanol–water partition coefficient (Wildman–Crippen LogP) is 4.53. The van der Waals surface area contributed by atoms with Crippen LogP contribution >= 0.6 is 0 Å². The maximum Gasteiger partial charge on any atom is 0.127 e. The van der Waals surface area contributed by atoms with Gasteiger partial charge in [0.25, 0.3) is 0 Å². The van der Waals surface area contributed by atoms with Crippen LogP contribution in [0.25, 0.3) is 11.1 Å². The third-order valence-electron chi connectivity index (χ3n) is 2.87. The van der Waals surface area contributed by atoms with Gasteiger partial charge >= 0.3 is 0 Å². The van der Waals surface area contributed by atoms with Crippen molar-refractivity contribution in [3.8, 4) is 16.9 Å². The van der Waals surface area contributed by atoms with E-state index in [1.54, 1.807) is 0 Å². The summed E-state index contributed by atoms with van der Waals surface area (Å²) in [5.41, 5.74) is 2.18. The van der Waals surface area contributed by atoms with Crippen molar-refractivity contribution in [2.24, 2.45) is 0 Å². The summed E-state index contributed by atoms with van der Waals surface area (Å²) in [7, 11) is 0. The van der Waals surface area contributed by atoms with Gasteiger partial charge in [-0.3, -0.25) is 0 Å². The Morgan fingerprint density at radius 3 is 2.20 bits per heavy atom. The van der Waals surface area contributed by atoms with Crippen LogP contribution in [0.2, 0.25) is 0 Å². The Labute approximate surface area is 122 Å². The SMILES string of the molecule is CC.CCC(O)COc1ccccc1-c1ccccc1. The van der Waals surface area contributed by atoms with Gasteiger partial charge in [0.2, 0.25) is 0 Å². The first-order valence-corrected chi connectivity index (χ1v) is 7.26. The number of rotatable bonds is 5. The summed E-state index contributed by atoms with van der Waals surface area (Å²) >= 11 is 0. The summed E-state index contributed by atoms with van der Waals surface area (Å²) < 4.78 is 5.69. The van der Waals surface area contributed by atoms with E-state index in [0.717, 1.165) is 16.9 Å². The van der Waals surface area contributed by atoms with Crippen molar-refractivity contribution in [1.82, 2.24) is 0 Å². The van der Waals surface area contributed by atoms with E-state index in [4.69, 9.17) is 4.74 Å². The third-order valence-corrected chi connectivity index (χ3v) is 2.87. The minimum Gasteiger partial charge on any atom is -0.490 e. The van der Waals surface area contributed by atoms with Gasteiger partial charge in [-0.1, -0.05) is 69.3 Å². The van der Waals surface area contributed by atoms with Crippen LogP contribution in [0.4, 0.5) is 0 Å². The highest BCUT2D eigenvalue weighted by Gasteiger charge is 2.07. The molecule has 1 unspecified atom stereocenters. The Bertz CT molecular complexity index is 480. The highest BCUT2D eigenvalue weighted by Crippen LogP contribution is 2.29. The standard InChI is InChI=1S/C16H18O2.C2H6/c1-2-14(17)12-18-16-11-7-6-10-15(16)13-8-4-3-5-9-13;1-2/h3-11,14,17H,2,12H2,1H3;1-2H3. The Morgan fingerprint density at radius 2 is 1.55 bits per heavy atom. The van der Waals surface area contributed by atoms with Gasteiger partial charge in [0, 0.05) is 5.56 Å². The van der Waals surface area contributed by atoms with Gasteiger partial charge in [0.15, 0.2) is 0 Å². The monoisotopic (exact) mass is 272 g/mol. The van der Waals surface area contributed by atoms with Crippen molar-refractivity contribution < 1.29 is 9.84 Å². The quantitative estimate of drug-likeness (QED) is 0.866. The first-order valence-electron chi connectivity index (χ1n) is 7.26. The second-order valence-corrected chi connectivity index (χ2v) is 4.24. The second-order valence-electron chi connectivity index (χ2n) is 4.24. The molecular formula is C18H24O2. The molecule has 0 aliphatic rings. The molecule has 0 fully saturated rings. The lowest BCUT2D eigenvalue weighted by atomic mass is 10.1. The lowest BCUT2D eigenvalue weighted by molar-refractivity contribution is 0.104. The third kappa shape index (κ3) is 4.71. The molecule has 0 saturated heterocycles. The molecule has 108 valence electrons. The molecule has 1 atom stereocenters. The van der Waals surface area contributed by atoms with Crippen LogP contribution in [0, 0.1) is 0 Å². The lowest BCUT2D eigenvalue weighted by Gasteiger charge is -2.14. The van der Waals surface area contributed by atoms with Crippen LogP contribution in [0.1, 0.15) is 27.2 Å². The number of ether oxygens (including phenoxy) is 1. The molecule has 0 radical (unpaired) electrons. The first-order chi connectivity index (χ1) is 9.81. The van der Waals surface area contributed by atoms with Crippen molar-refractivity contribution in [2.45, 2.75) is 33.3 Å². The van der Waals surface area contributed by atoms with E-state index in [0.29, 0.717) is 13.0 Å². The van der Waals surface area contributed by atoms with Gasteiger partial charge in [-0.15, -0.1) is 0 Å². The van der Waals surface area contributed by atoms with Gasteiger partial charge < -0.3 is 9.84 Å². The fourth-order valence-electron chi connectivity index (χ4n) is 1.75. The van der Waals surface area contributed by atoms with Crippen molar-refractivity contribution in [2.75, 3.05) is 6.61 Å². The van der Waals surface area contributed by atoms with Gasteiger partial charge in [0.1, 0.15) is 12.4 Å². The molecule has 0 bridgehead atoms. The average Bonchev–Trinajstić information content (AvgIpc) is 2.55. The van der Waals surface area contributed by atoms with Crippen LogP contribution < -0.4 is 4.74 Å². The molecule has 2 aromatic rings. The number of aliphatic hydroxyl groups is 1. The summed E-state index contributed by atoms with van der Waals surface area (Å²) in [4.78, 5) is 0. The number of hydrogen-bond donors (Lipinski definition) is 1. The summed E-state index contributed by atoms with van der Waals surface area (Å²) in [5.74, 6) is 0.816. The highest BCUT2D eigenvalue weighted by atomic mass is 16.5. The van der Waals surface area contributed by atoms with Gasteiger partial charge in [0.05, 0.1) is 6.10 Å². The van der Waals surface area contributed by atoms with E-state index < -0.39 is 6.10 Å². The first kappa shape index (κ1) is 16.3. The molecule has 20 heavy (non-hydrogen) atoms.